The van der Waals surface area contributed by atoms with E-state index in [2.05, 4.69) is 4.72 Å². The second-order valence-corrected chi connectivity index (χ2v) is 6.19. The van der Waals surface area contributed by atoms with E-state index in [1.165, 1.54) is 12.1 Å². The molecule has 0 bridgehead atoms. The lowest BCUT2D eigenvalue weighted by atomic mass is 10.2. The molecule has 6 heteroatoms. The van der Waals surface area contributed by atoms with Gasteiger partial charge in [0.15, 0.2) is 0 Å². The molecule has 2 aromatic rings. The summed E-state index contributed by atoms with van der Waals surface area (Å²) in [5, 5.41) is 0. The molecule has 0 aliphatic heterocycles. The quantitative estimate of drug-likeness (QED) is 0.855. The molecule has 0 aromatic heterocycles. The van der Waals surface area contributed by atoms with Crippen LogP contribution in [0.15, 0.2) is 41.3 Å². The molecule has 0 radical (unpaired) electrons. The van der Waals surface area contributed by atoms with Gasteiger partial charge in [-0.3, -0.25) is 4.72 Å². The molecule has 0 spiro atoms. The van der Waals surface area contributed by atoms with Gasteiger partial charge in [-0.2, -0.15) is 0 Å². The largest absolute Gasteiger partial charge is 0.398 e. The highest BCUT2D eigenvalue weighted by molar-refractivity contribution is 7.92. The fraction of sp³-hybridized carbons (Fsp3) is 0.143. The van der Waals surface area contributed by atoms with E-state index in [1.54, 1.807) is 32.0 Å². The zero-order valence-electron chi connectivity index (χ0n) is 11.1. The molecule has 4 nitrogen and oxygen atoms in total. The van der Waals surface area contributed by atoms with Crippen molar-refractivity contribution in [2.24, 2.45) is 0 Å². The van der Waals surface area contributed by atoms with E-state index >= 15 is 0 Å². The van der Waals surface area contributed by atoms with Gasteiger partial charge >= 0.3 is 0 Å². The highest BCUT2D eigenvalue weighted by Gasteiger charge is 2.18. The van der Waals surface area contributed by atoms with Gasteiger partial charge in [-0.05, 0) is 49.2 Å². The van der Waals surface area contributed by atoms with Crippen LogP contribution in [0.5, 0.6) is 0 Å². The van der Waals surface area contributed by atoms with Gasteiger partial charge < -0.3 is 5.73 Å². The van der Waals surface area contributed by atoms with Gasteiger partial charge in [-0.25, -0.2) is 12.8 Å². The fourth-order valence-corrected chi connectivity index (χ4v) is 3.21. The Bertz CT molecular complexity index is 758. The van der Waals surface area contributed by atoms with Crippen LogP contribution < -0.4 is 10.5 Å². The van der Waals surface area contributed by atoms with E-state index < -0.39 is 15.8 Å². The second kappa shape index (κ2) is 5.13. The van der Waals surface area contributed by atoms with Crippen molar-refractivity contribution in [3.8, 4) is 0 Å². The van der Waals surface area contributed by atoms with Gasteiger partial charge in [0.25, 0.3) is 10.0 Å². The summed E-state index contributed by atoms with van der Waals surface area (Å²) in [7, 11) is -3.85. The Hall–Kier alpha value is -2.08. The maximum atomic E-state index is 13.2. The third-order valence-corrected chi connectivity index (χ3v) is 4.57. The SMILES string of the molecule is Cc1ccc(F)cc1S(=O)(=O)Nc1cccc(N)c1C. The smallest absolute Gasteiger partial charge is 0.262 e. The predicted molar refractivity (Wildman–Crippen MR) is 77.5 cm³/mol. The number of hydrogen-bond donors (Lipinski definition) is 2. The van der Waals surface area contributed by atoms with Crippen LogP contribution in [-0.4, -0.2) is 8.42 Å². The molecule has 0 unspecified atom stereocenters. The van der Waals surface area contributed by atoms with E-state index in [0.29, 0.717) is 22.5 Å². The zero-order valence-corrected chi connectivity index (χ0v) is 12.0. The summed E-state index contributed by atoms with van der Waals surface area (Å²) in [5.74, 6) is -0.597. The van der Waals surface area contributed by atoms with Gasteiger partial charge in [0.1, 0.15) is 5.82 Å². The molecule has 106 valence electrons. The molecule has 0 aliphatic carbocycles. The summed E-state index contributed by atoms with van der Waals surface area (Å²) in [5.41, 5.74) is 7.71. The average molecular weight is 294 g/mol. The van der Waals surface area contributed by atoms with Crippen molar-refractivity contribution in [3.05, 3.63) is 53.3 Å². The van der Waals surface area contributed by atoms with Crippen LogP contribution in [0.25, 0.3) is 0 Å². The lowest BCUT2D eigenvalue weighted by Crippen LogP contribution is -2.15. The van der Waals surface area contributed by atoms with Crippen LogP contribution in [0.4, 0.5) is 15.8 Å². The second-order valence-electron chi connectivity index (χ2n) is 4.54. The van der Waals surface area contributed by atoms with Crippen molar-refractivity contribution in [1.82, 2.24) is 0 Å². The third-order valence-electron chi connectivity index (χ3n) is 3.06. The first-order chi connectivity index (χ1) is 9.31. The first-order valence-electron chi connectivity index (χ1n) is 5.95. The minimum Gasteiger partial charge on any atom is -0.398 e. The zero-order chi connectivity index (χ0) is 14.9. The van der Waals surface area contributed by atoms with Crippen LogP contribution in [0.2, 0.25) is 0 Å². The van der Waals surface area contributed by atoms with Crippen LogP contribution in [0, 0.1) is 19.7 Å². The molecule has 0 fully saturated rings. The van der Waals surface area contributed by atoms with Crippen molar-refractivity contribution >= 4 is 21.4 Å². The van der Waals surface area contributed by atoms with Crippen LogP contribution in [0.3, 0.4) is 0 Å². The Balaban J connectivity index is 2.46. The Morgan fingerprint density at radius 3 is 2.55 bits per heavy atom. The molecule has 0 atom stereocenters. The number of anilines is 2. The Labute approximate surface area is 117 Å². The number of nitrogens with one attached hydrogen (secondary N) is 1. The maximum Gasteiger partial charge on any atom is 0.262 e. The van der Waals surface area contributed by atoms with Crippen molar-refractivity contribution < 1.29 is 12.8 Å². The summed E-state index contributed by atoms with van der Waals surface area (Å²) < 4.78 is 40.3. The summed E-state index contributed by atoms with van der Waals surface area (Å²) in [6.07, 6.45) is 0. The highest BCUT2D eigenvalue weighted by Crippen LogP contribution is 2.25. The number of hydrogen-bond acceptors (Lipinski definition) is 3. The van der Waals surface area contributed by atoms with Crippen LogP contribution in [0.1, 0.15) is 11.1 Å². The van der Waals surface area contributed by atoms with Crippen LogP contribution >= 0.6 is 0 Å². The lowest BCUT2D eigenvalue weighted by Gasteiger charge is -2.13. The molecule has 0 saturated carbocycles. The van der Waals surface area contributed by atoms with Gasteiger partial charge in [-0.1, -0.05) is 12.1 Å². The number of halogens is 1. The molecule has 2 aromatic carbocycles. The molecule has 20 heavy (non-hydrogen) atoms. The van der Waals surface area contributed by atoms with E-state index in [0.717, 1.165) is 6.07 Å². The minimum absolute atomic E-state index is 0.0840. The molecule has 0 saturated heterocycles. The average Bonchev–Trinajstić information content (AvgIpc) is 2.37. The van der Waals surface area contributed by atoms with Crippen molar-refractivity contribution in [1.29, 1.82) is 0 Å². The van der Waals surface area contributed by atoms with Gasteiger partial charge in [-0.15, -0.1) is 0 Å². The maximum absolute atomic E-state index is 13.2. The molecule has 0 aliphatic rings. The lowest BCUT2D eigenvalue weighted by molar-refractivity contribution is 0.594. The first-order valence-corrected chi connectivity index (χ1v) is 7.43. The predicted octanol–water partition coefficient (Wildman–Crippen LogP) is 2.83. The summed E-state index contributed by atoms with van der Waals surface area (Å²) in [6.45, 7) is 3.33. The number of nitrogen functional groups attached to an aromatic ring is 1. The summed E-state index contributed by atoms with van der Waals surface area (Å²) in [4.78, 5) is -0.0840. The number of sulfonamides is 1. The number of nitrogens with two attached hydrogens (primary N) is 1. The monoisotopic (exact) mass is 294 g/mol. The third kappa shape index (κ3) is 2.75. The number of rotatable bonds is 3. The first kappa shape index (κ1) is 14.3. The fourth-order valence-electron chi connectivity index (χ4n) is 1.83. The normalized spacial score (nSPS) is 11.3. The van der Waals surface area contributed by atoms with E-state index in [-0.39, 0.29) is 4.90 Å². The molecular weight excluding hydrogens is 279 g/mol. The number of aryl methyl sites for hydroxylation is 1. The number of benzene rings is 2. The summed E-state index contributed by atoms with van der Waals surface area (Å²) >= 11 is 0. The van der Waals surface area contributed by atoms with Crippen molar-refractivity contribution in [2.45, 2.75) is 18.7 Å². The van der Waals surface area contributed by atoms with Crippen molar-refractivity contribution in [3.63, 3.8) is 0 Å². The molecular formula is C14H15FN2O2S. The highest BCUT2D eigenvalue weighted by atomic mass is 32.2. The Morgan fingerprint density at radius 1 is 1.15 bits per heavy atom. The minimum atomic E-state index is -3.85. The van der Waals surface area contributed by atoms with Crippen molar-refractivity contribution in [2.75, 3.05) is 10.5 Å². The molecule has 3 N–H and O–H groups in total. The molecule has 0 heterocycles. The van der Waals surface area contributed by atoms with Gasteiger partial charge in [0, 0.05) is 5.69 Å². The van der Waals surface area contributed by atoms with E-state index in [4.69, 9.17) is 5.73 Å². The van der Waals surface area contributed by atoms with Gasteiger partial charge in [0.05, 0.1) is 10.6 Å². The Kier molecular flexibility index (Phi) is 3.67. The van der Waals surface area contributed by atoms with Gasteiger partial charge in [0.2, 0.25) is 0 Å². The molecule has 2 rings (SSSR count). The van der Waals surface area contributed by atoms with Crippen LogP contribution in [-0.2, 0) is 10.0 Å². The topological polar surface area (TPSA) is 72.2 Å². The Morgan fingerprint density at radius 2 is 1.85 bits per heavy atom. The molecule has 0 amide bonds. The summed E-state index contributed by atoms with van der Waals surface area (Å²) in [6, 6.07) is 8.59. The van der Waals surface area contributed by atoms with E-state index in [9.17, 15) is 12.8 Å². The van der Waals surface area contributed by atoms with E-state index in [1.807, 2.05) is 0 Å². The standard InChI is InChI=1S/C14H15FN2O2S/c1-9-6-7-11(15)8-14(9)20(18,19)17-13-5-3-4-12(16)10(13)2/h3-8,17H,16H2,1-2H3.